The van der Waals surface area contributed by atoms with Crippen molar-refractivity contribution in [2.75, 3.05) is 19.8 Å². The van der Waals surface area contributed by atoms with E-state index in [2.05, 4.69) is 5.32 Å². The van der Waals surface area contributed by atoms with E-state index < -0.39 is 0 Å². The molecule has 0 radical (unpaired) electrons. The van der Waals surface area contributed by atoms with E-state index in [4.69, 9.17) is 9.47 Å². The first-order valence-electron chi connectivity index (χ1n) is 8.62. The number of carbonyl (C=O) groups excluding carboxylic acids is 1. The van der Waals surface area contributed by atoms with Crippen LogP contribution >= 0.6 is 0 Å². The number of nitrogens with one attached hydrogen (secondary N) is 1. The Labute approximate surface area is 149 Å². The number of ether oxygens (including phenoxy) is 2. The van der Waals surface area contributed by atoms with Crippen molar-refractivity contribution in [3.63, 3.8) is 0 Å². The zero-order valence-corrected chi connectivity index (χ0v) is 14.8. The molecule has 2 aromatic carbocycles. The lowest BCUT2D eigenvalue weighted by molar-refractivity contribution is -0.116. The summed E-state index contributed by atoms with van der Waals surface area (Å²) in [4.78, 5) is 11.9. The van der Waals surface area contributed by atoms with Crippen molar-refractivity contribution < 1.29 is 14.3 Å². The Morgan fingerprint density at radius 2 is 1.72 bits per heavy atom. The first kappa shape index (κ1) is 18.6. The molecule has 0 atom stereocenters. The third-order valence-corrected chi connectivity index (χ3v) is 3.55. The standard InChI is InChI=1S/C21H25NO3/c1-3-24-19-12-10-18(16-20(19)25-4-2)14-15-22-21(23)13-11-17-8-6-5-7-9-17/h5-13,16H,3-4,14-15H2,1-2H3,(H,22,23)/b13-11+. The van der Waals surface area contributed by atoms with Crippen LogP contribution in [0.1, 0.15) is 25.0 Å². The summed E-state index contributed by atoms with van der Waals surface area (Å²) >= 11 is 0. The highest BCUT2D eigenvalue weighted by atomic mass is 16.5. The Balaban J connectivity index is 1.85. The topological polar surface area (TPSA) is 47.6 Å². The van der Waals surface area contributed by atoms with E-state index in [-0.39, 0.29) is 5.91 Å². The van der Waals surface area contributed by atoms with Gasteiger partial charge in [0.1, 0.15) is 0 Å². The SMILES string of the molecule is CCOc1ccc(CCNC(=O)/C=C/c2ccccc2)cc1OCC. The van der Waals surface area contributed by atoms with Crippen molar-refractivity contribution >= 4 is 12.0 Å². The predicted molar refractivity (Wildman–Crippen MR) is 101 cm³/mol. The predicted octanol–water partition coefficient (Wildman–Crippen LogP) is 3.86. The Kier molecular flexibility index (Phi) is 7.57. The summed E-state index contributed by atoms with van der Waals surface area (Å²) in [5.74, 6) is 1.40. The first-order chi connectivity index (χ1) is 12.2. The molecule has 4 heteroatoms. The average Bonchev–Trinajstić information content (AvgIpc) is 2.63. The molecule has 0 unspecified atom stereocenters. The number of benzene rings is 2. The Morgan fingerprint density at radius 1 is 1.00 bits per heavy atom. The van der Waals surface area contributed by atoms with Crippen LogP contribution < -0.4 is 14.8 Å². The lowest BCUT2D eigenvalue weighted by Crippen LogP contribution is -2.23. The maximum absolute atomic E-state index is 11.9. The number of hydrogen-bond donors (Lipinski definition) is 1. The monoisotopic (exact) mass is 339 g/mol. The molecule has 4 nitrogen and oxygen atoms in total. The van der Waals surface area contributed by atoms with E-state index in [1.54, 1.807) is 12.2 Å². The van der Waals surface area contributed by atoms with Crippen LogP contribution in [0.15, 0.2) is 54.6 Å². The summed E-state index contributed by atoms with van der Waals surface area (Å²) in [6.45, 7) is 5.65. The molecule has 0 aliphatic carbocycles. The molecule has 1 amide bonds. The normalized spacial score (nSPS) is 10.6. The van der Waals surface area contributed by atoms with Crippen LogP contribution in [0.5, 0.6) is 11.5 Å². The van der Waals surface area contributed by atoms with Gasteiger partial charge >= 0.3 is 0 Å². The zero-order valence-electron chi connectivity index (χ0n) is 14.8. The van der Waals surface area contributed by atoms with Gasteiger partial charge in [-0.25, -0.2) is 0 Å². The maximum Gasteiger partial charge on any atom is 0.244 e. The number of carbonyl (C=O) groups is 1. The number of rotatable bonds is 9. The Morgan fingerprint density at radius 3 is 2.44 bits per heavy atom. The van der Waals surface area contributed by atoms with Crippen LogP contribution in [0.4, 0.5) is 0 Å². The highest BCUT2D eigenvalue weighted by molar-refractivity contribution is 5.91. The van der Waals surface area contributed by atoms with Gasteiger partial charge in [-0.1, -0.05) is 36.4 Å². The lowest BCUT2D eigenvalue weighted by Gasteiger charge is -2.12. The smallest absolute Gasteiger partial charge is 0.244 e. The molecule has 25 heavy (non-hydrogen) atoms. The molecule has 0 spiro atoms. The molecule has 0 aliphatic rings. The first-order valence-corrected chi connectivity index (χ1v) is 8.62. The summed E-state index contributed by atoms with van der Waals surface area (Å²) in [5, 5.41) is 2.89. The van der Waals surface area contributed by atoms with E-state index >= 15 is 0 Å². The molecule has 0 bridgehead atoms. The number of amides is 1. The second-order valence-electron chi connectivity index (χ2n) is 5.43. The van der Waals surface area contributed by atoms with Gasteiger partial charge in [-0.05, 0) is 49.6 Å². The van der Waals surface area contributed by atoms with Crippen molar-refractivity contribution in [3.8, 4) is 11.5 Å². The van der Waals surface area contributed by atoms with Crippen molar-refractivity contribution in [2.45, 2.75) is 20.3 Å². The summed E-state index contributed by atoms with van der Waals surface area (Å²) in [7, 11) is 0. The molecular weight excluding hydrogens is 314 g/mol. The van der Waals surface area contributed by atoms with Crippen molar-refractivity contribution in [1.82, 2.24) is 5.32 Å². The molecule has 0 fully saturated rings. The Bertz CT molecular complexity index is 696. The summed E-state index contributed by atoms with van der Waals surface area (Å²) in [5.41, 5.74) is 2.10. The number of hydrogen-bond acceptors (Lipinski definition) is 3. The summed E-state index contributed by atoms with van der Waals surface area (Å²) < 4.78 is 11.2. The van der Waals surface area contributed by atoms with Gasteiger partial charge in [0, 0.05) is 12.6 Å². The molecule has 0 aliphatic heterocycles. The van der Waals surface area contributed by atoms with Gasteiger partial charge in [0.15, 0.2) is 11.5 Å². The van der Waals surface area contributed by atoms with Gasteiger partial charge in [0.05, 0.1) is 13.2 Å². The summed E-state index contributed by atoms with van der Waals surface area (Å²) in [6.07, 6.45) is 4.09. The van der Waals surface area contributed by atoms with Crippen LogP contribution in [0, 0.1) is 0 Å². The minimum atomic E-state index is -0.0974. The highest BCUT2D eigenvalue weighted by Crippen LogP contribution is 2.28. The van der Waals surface area contributed by atoms with Crippen LogP contribution in [0.25, 0.3) is 6.08 Å². The van der Waals surface area contributed by atoms with E-state index in [1.807, 2.05) is 62.4 Å². The third kappa shape index (κ3) is 6.34. The average molecular weight is 339 g/mol. The zero-order chi connectivity index (χ0) is 17.9. The molecule has 0 saturated heterocycles. The Hall–Kier alpha value is -2.75. The van der Waals surface area contributed by atoms with Crippen molar-refractivity contribution in [2.24, 2.45) is 0 Å². The van der Waals surface area contributed by atoms with Crippen LogP contribution in [-0.4, -0.2) is 25.7 Å². The van der Waals surface area contributed by atoms with Crippen LogP contribution in [0.3, 0.4) is 0 Å². The minimum Gasteiger partial charge on any atom is -0.490 e. The molecule has 132 valence electrons. The minimum absolute atomic E-state index is 0.0974. The van der Waals surface area contributed by atoms with Gasteiger partial charge in [-0.2, -0.15) is 0 Å². The van der Waals surface area contributed by atoms with E-state index in [0.717, 1.165) is 29.0 Å². The van der Waals surface area contributed by atoms with Gasteiger partial charge in [-0.3, -0.25) is 4.79 Å². The quantitative estimate of drug-likeness (QED) is 0.706. The van der Waals surface area contributed by atoms with Crippen molar-refractivity contribution in [3.05, 3.63) is 65.7 Å². The molecule has 0 aromatic heterocycles. The second-order valence-corrected chi connectivity index (χ2v) is 5.43. The molecule has 0 saturated carbocycles. The van der Waals surface area contributed by atoms with Gasteiger partial charge in [-0.15, -0.1) is 0 Å². The van der Waals surface area contributed by atoms with Gasteiger partial charge in [0.25, 0.3) is 0 Å². The molecule has 2 rings (SSSR count). The highest BCUT2D eigenvalue weighted by Gasteiger charge is 2.06. The van der Waals surface area contributed by atoms with E-state index in [0.29, 0.717) is 19.8 Å². The van der Waals surface area contributed by atoms with E-state index in [1.165, 1.54) is 0 Å². The molecule has 0 heterocycles. The fraction of sp³-hybridized carbons (Fsp3) is 0.286. The second kappa shape index (κ2) is 10.2. The lowest BCUT2D eigenvalue weighted by atomic mass is 10.1. The maximum atomic E-state index is 11.9. The molecule has 2 aromatic rings. The largest absolute Gasteiger partial charge is 0.490 e. The van der Waals surface area contributed by atoms with E-state index in [9.17, 15) is 4.79 Å². The summed E-state index contributed by atoms with van der Waals surface area (Å²) in [6, 6.07) is 15.6. The van der Waals surface area contributed by atoms with Gasteiger partial charge in [0.2, 0.25) is 5.91 Å². The van der Waals surface area contributed by atoms with Crippen LogP contribution in [-0.2, 0) is 11.2 Å². The third-order valence-electron chi connectivity index (χ3n) is 3.55. The molecule has 1 N–H and O–H groups in total. The van der Waals surface area contributed by atoms with Gasteiger partial charge < -0.3 is 14.8 Å². The molecular formula is C21H25NO3. The fourth-order valence-corrected chi connectivity index (χ4v) is 2.38. The fourth-order valence-electron chi connectivity index (χ4n) is 2.38. The van der Waals surface area contributed by atoms with Crippen LogP contribution in [0.2, 0.25) is 0 Å². The van der Waals surface area contributed by atoms with Crippen molar-refractivity contribution in [1.29, 1.82) is 0 Å².